The van der Waals surface area contributed by atoms with E-state index in [-0.39, 0.29) is 35.6 Å². The van der Waals surface area contributed by atoms with Gasteiger partial charge >= 0.3 is 325 Å². The van der Waals surface area contributed by atoms with Crippen molar-refractivity contribution in [2.75, 3.05) is 0 Å². The van der Waals surface area contributed by atoms with Gasteiger partial charge in [-0.05, 0) is 0 Å². The fourth-order valence-electron chi connectivity index (χ4n) is 10.2. The molecule has 282 valence electrons. The quantitative estimate of drug-likeness (QED) is 0.151. The summed E-state index contributed by atoms with van der Waals surface area (Å²) in [5.41, 5.74) is 15.1. The molecular weight excluding hydrogens is 775 g/mol. The van der Waals surface area contributed by atoms with Gasteiger partial charge in [-0.15, -0.1) is 0 Å². The Hall–Kier alpha value is -2.31. The number of fused-ring (bicyclic) bond motifs is 3. The van der Waals surface area contributed by atoms with E-state index < -0.39 is 21.3 Å². The first kappa shape index (κ1) is 41.3. The summed E-state index contributed by atoms with van der Waals surface area (Å²) in [6.07, 6.45) is 24.0. The topological polar surface area (TPSA) is 0 Å². The molecule has 0 nitrogen and oxygen atoms in total. The van der Waals surface area contributed by atoms with Gasteiger partial charge in [-0.1, -0.05) is 0 Å². The van der Waals surface area contributed by atoms with Gasteiger partial charge in [0.2, 0.25) is 0 Å². The van der Waals surface area contributed by atoms with E-state index in [1.807, 2.05) is 6.55 Å². The van der Waals surface area contributed by atoms with Crippen LogP contribution in [-0.4, -0.2) is 3.21 Å². The molecule has 0 radical (unpaired) electrons. The molecule has 0 amide bonds. The summed E-state index contributed by atoms with van der Waals surface area (Å²) in [6.45, 7) is 14.6. The molecule has 3 heteroatoms. The molecule has 2 saturated carbocycles. The van der Waals surface area contributed by atoms with Crippen LogP contribution in [0.15, 0.2) is 100 Å². The molecule has 0 spiro atoms. The molecule has 4 aromatic rings. The summed E-state index contributed by atoms with van der Waals surface area (Å²) in [5.74, 6) is 1.78. The van der Waals surface area contributed by atoms with Gasteiger partial charge in [0.25, 0.3) is 0 Å². The minimum absolute atomic E-state index is 0. The Kier molecular flexibility index (Phi) is 13.0. The third-order valence-electron chi connectivity index (χ3n) is 12.8. The molecular formula is C51H60Cl2Zr. The van der Waals surface area contributed by atoms with E-state index in [9.17, 15) is 0 Å². The largest absolute Gasteiger partial charge is 1.00 e. The molecule has 0 heterocycles. The van der Waals surface area contributed by atoms with Crippen LogP contribution in [-0.2, 0) is 38.5 Å². The standard InChI is InChI=1S/C33H33.C13H22.C5H5.2ClH.Zr/c1-32(2,3)30-20-26-24(18-28(30)22-13-9-7-10-14-22)17-25-19-29(23-15-11-8-12-16-23)31(21-27(25)26)33(4,5)6;1-2-7-12(6-1)10-5-11-13-8-3-4-9-13;1-2-4-5-3-1;;;/h7-16,18,20-21H,17H2,1-6H3;12-13H,1-4,6-11H2;1-3H,4H2;2*1H;/q;;;;;+2/p-2. The number of allylic oxidation sites excluding steroid dienone is 4. The van der Waals surface area contributed by atoms with Crippen LogP contribution in [0.5, 0.6) is 0 Å². The van der Waals surface area contributed by atoms with Crippen molar-refractivity contribution in [1.29, 1.82) is 0 Å². The summed E-state index contributed by atoms with van der Waals surface area (Å²) < 4.78 is 5.72. The average molecular weight is 835 g/mol. The molecule has 0 aliphatic heterocycles. The summed E-state index contributed by atoms with van der Waals surface area (Å²) in [4.78, 5) is 0. The number of hydrogen-bond acceptors (Lipinski definition) is 0. The van der Waals surface area contributed by atoms with Crippen LogP contribution in [0, 0.1) is 11.8 Å². The smallest absolute Gasteiger partial charge is 1.00 e. The van der Waals surface area contributed by atoms with Crippen LogP contribution in [0.4, 0.5) is 0 Å². The van der Waals surface area contributed by atoms with Crippen molar-refractivity contribution < 1.29 is 46.1 Å². The maximum Gasteiger partial charge on any atom is -1.00 e. The van der Waals surface area contributed by atoms with Gasteiger partial charge in [0.1, 0.15) is 0 Å². The second-order valence-electron chi connectivity index (χ2n) is 18.7. The fourth-order valence-corrected chi connectivity index (χ4v) is 19.5. The minimum atomic E-state index is -2.64. The number of rotatable bonds is 8. The van der Waals surface area contributed by atoms with Gasteiger partial charge in [0.05, 0.1) is 0 Å². The molecule has 2 fully saturated rings. The van der Waals surface area contributed by atoms with Crippen molar-refractivity contribution in [3.63, 3.8) is 0 Å². The van der Waals surface area contributed by atoms with E-state index in [2.05, 4.69) is 142 Å². The first-order valence-corrected chi connectivity index (χ1v) is 24.3. The van der Waals surface area contributed by atoms with Gasteiger partial charge in [0.15, 0.2) is 0 Å². The molecule has 0 aromatic heterocycles. The Bertz CT molecular complexity index is 2020. The molecule has 0 bridgehead atoms. The summed E-state index contributed by atoms with van der Waals surface area (Å²) in [6, 6.07) is 30.8. The van der Waals surface area contributed by atoms with Crippen LogP contribution in [0.3, 0.4) is 0 Å². The molecule has 8 rings (SSSR count). The maximum absolute atomic E-state index is 2.68. The van der Waals surface area contributed by atoms with Gasteiger partial charge in [-0.2, -0.15) is 0 Å². The predicted molar refractivity (Wildman–Crippen MR) is 223 cm³/mol. The summed E-state index contributed by atoms with van der Waals surface area (Å²) in [7, 11) is 0. The maximum atomic E-state index is 2.68. The fraction of sp³-hybridized carbons (Fsp3) is 0.431. The molecule has 54 heavy (non-hydrogen) atoms. The van der Waals surface area contributed by atoms with Crippen molar-refractivity contribution in [3.05, 3.63) is 123 Å². The summed E-state index contributed by atoms with van der Waals surface area (Å²) >= 11 is -2.64. The number of halogens is 2. The van der Waals surface area contributed by atoms with Crippen molar-refractivity contribution in [2.45, 2.75) is 129 Å². The SMILES string of the molecule is CC(C)(C)c1cc2c(cc1-c1ccccc1)Cc1c-2cc(C(C)(C)C)c(-c2ccccc2)[c]1[Zr+2]([C]1=CC=CC1)=[C](CC1CCCC1)CC1CCCC1.[Cl-].[Cl-]. The number of benzene rings is 4. The zero-order valence-electron chi connectivity index (χ0n) is 33.6. The minimum Gasteiger partial charge on any atom is -1.00 e. The molecule has 4 aliphatic carbocycles. The van der Waals surface area contributed by atoms with Crippen molar-refractivity contribution in [3.8, 4) is 33.4 Å². The molecule has 0 unspecified atom stereocenters. The van der Waals surface area contributed by atoms with E-state index in [1.165, 1.54) is 97.6 Å². The molecule has 4 aromatic carbocycles. The van der Waals surface area contributed by atoms with Crippen LogP contribution >= 0.6 is 0 Å². The molecule has 0 saturated heterocycles. The first-order chi connectivity index (χ1) is 25.1. The van der Waals surface area contributed by atoms with Crippen LogP contribution in [0.2, 0.25) is 0 Å². The Labute approximate surface area is 347 Å². The van der Waals surface area contributed by atoms with E-state index in [0.29, 0.717) is 0 Å². The van der Waals surface area contributed by atoms with Gasteiger partial charge in [-0.25, -0.2) is 0 Å². The second kappa shape index (κ2) is 17.0. The van der Waals surface area contributed by atoms with Gasteiger partial charge < -0.3 is 24.8 Å². The zero-order chi connectivity index (χ0) is 36.0. The molecule has 0 atom stereocenters. The predicted octanol–water partition coefficient (Wildman–Crippen LogP) is 7.62. The second-order valence-corrected chi connectivity index (χ2v) is 25.1. The van der Waals surface area contributed by atoms with Gasteiger partial charge in [0, 0.05) is 0 Å². The van der Waals surface area contributed by atoms with Crippen molar-refractivity contribution in [1.82, 2.24) is 0 Å². The molecule has 4 aliphatic rings. The van der Waals surface area contributed by atoms with Gasteiger partial charge in [-0.3, -0.25) is 0 Å². The van der Waals surface area contributed by atoms with E-state index >= 15 is 0 Å². The van der Waals surface area contributed by atoms with Crippen LogP contribution in [0.1, 0.15) is 134 Å². The van der Waals surface area contributed by atoms with Crippen LogP contribution in [0.25, 0.3) is 33.4 Å². The Morgan fingerprint density at radius 3 is 1.69 bits per heavy atom. The zero-order valence-corrected chi connectivity index (χ0v) is 37.6. The van der Waals surface area contributed by atoms with E-state index in [0.717, 1.165) is 24.7 Å². The number of hydrogen-bond donors (Lipinski definition) is 0. The summed E-state index contributed by atoms with van der Waals surface area (Å²) in [5, 5.41) is 0. The Morgan fingerprint density at radius 1 is 0.630 bits per heavy atom. The third-order valence-corrected chi connectivity index (χ3v) is 20.6. The Morgan fingerprint density at radius 2 is 1.17 bits per heavy atom. The van der Waals surface area contributed by atoms with Crippen LogP contribution < -0.4 is 28.1 Å². The van der Waals surface area contributed by atoms with Crippen molar-refractivity contribution >= 4 is 6.48 Å². The monoisotopic (exact) mass is 832 g/mol. The van der Waals surface area contributed by atoms with E-state index in [4.69, 9.17) is 0 Å². The van der Waals surface area contributed by atoms with Crippen molar-refractivity contribution in [2.24, 2.45) is 11.8 Å². The third kappa shape index (κ3) is 8.36. The van der Waals surface area contributed by atoms with E-state index in [1.54, 1.807) is 22.3 Å². The average Bonchev–Trinajstić information content (AvgIpc) is 3.96. The Balaban J connectivity index is 0.00000249. The molecule has 0 N–H and O–H groups in total. The normalized spacial score (nSPS) is 16.6. The first-order valence-electron chi connectivity index (χ1n) is 20.6.